The number of furan rings is 1. The van der Waals surface area contributed by atoms with Crippen molar-refractivity contribution in [1.29, 1.82) is 0 Å². The van der Waals surface area contributed by atoms with Gasteiger partial charge in [0.15, 0.2) is 5.76 Å². The standard InChI is InChI=1S/C22H21Cl2NO3/c1-3-14(2)15-4-7-17(8-5-15)27-13-18-9-11-21(28-18)22(26)25-16-6-10-19(23)20(24)12-16/h4-12,14H,3,13H2,1-2H3,(H,25,26). The molecule has 0 aliphatic heterocycles. The summed E-state index contributed by atoms with van der Waals surface area (Å²) in [4.78, 5) is 12.3. The zero-order chi connectivity index (χ0) is 20.1. The largest absolute Gasteiger partial charge is 0.486 e. The molecular weight excluding hydrogens is 397 g/mol. The number of hydrogen-bond donors (Lipinski definition) is 1. The summed E-state index contributed by atoms with van der Waals surface area (Å²) in [7, 11) is 0. The average molecular weight is 418 g/mol. The molecule has 1 aromatic heterocycles. The minimum absolute atomic E-state index is 0.191. The second-order valence-electron chi connectivity index (χ2n) is 6.52. The van der Waals surface area contributed by atoms with Crippen LogP contribution < -0.4 is 10.1 Å². The molecule has 146 valence electrons. The number of halogens is 2. The van der Waals surface area contributed by atoms with Crippen molar-refractivity contribution in [3.8, 4) is 5.75 Å². The van der Waals surface area contributed by atoms with Crippen LogP contribution in [-0.2, 0) is 6.61 Å². The molecule has 0 saturated carbocycles. The molecule has 1 atom stereocenters. The molecule has 6 heteroatoms. The Labute approximate surface area is 174 Å². The molecule has 1 heterocycles. The van der Waals surface area contributed by atoms with Gasteiger partial charge in [0.25, 0.3) is 5.91 Å². The van der Waals surface area contributed by atoms with E-state index >= 15 is 0 Å². The van der Waals surface area contributed by atoms with E-state index in [-0.39, 0.29) is 18.3 Å². The van der Waals surface area contributed by atoms with Crippen LogP contribution in [0.25, 0.3) is 0 Å². The molecule has 1 amide bonds. The van der Waals surface area contributed by atoms with Crippen molar-refractivity contribution in [2.75, 3.05) is 5.32 Å². The maximum absolute atomic E-state index is 12.3. The third-order valence-electron chi connectivity index (χ3n) is 4.51. The number of benzene rings is 2. The number of amides is 1. The highest BCUT2D eigenvalue weighted by molar-refractivity contribution is 6.42. The van der Waals surface area contributed by atoms with Crippen LogP contribution in [0, 0.1) is 0 Å². The predicted octanol–water partition coefficient (Wildman–Crippen LogP) is 6.93. The number of carbonyl (C=O) groups is 1. The highest BCUT2D eigenvalue weighted by Crippen LogP contribution is 2.26. The van der Waals surface area contributed by atoms with Crippen molar-refractivity contribution >= 4 is 34.8 Å². The predicted molar refractivity (Wildman–Crippen MR) is 113 cm³/mol. The Balaban J connectivity index is 1.57. The first kappa shape index (κ1) is 20.3. The molecule has 2 aromatic carbocycles. The molecule has 0 fully saturated rings. The molecule has 28 heavy (non-hydrogen) atoms. The smallest absolute Gasteiger partial charge is 0.291 e. The third kappa shape index (κ3) is 5.09. The van der Waals surface area contributed by atoms with Gasteiger partial charge in [0.05, 0.1) is 10.0 Å². The summed E-state index contributed by atoms with van der Waals surface area (Å²) in [6.45, 7) is 4.60. The number of anilines is 1. The lowest BCUT2D eigenvalue weighted by molar-refractivity contribution is 0.0992. The minimum atomic E-state index is -0.373. The van der Waals surface area contributed by atoms with Crippen LogP contribution >= 0.6 is 23.2 Å². The van der Waals surface area contributed by atoms with E-state index in [0.29, 0.717) is 27.4 Å². The quantitative estimate of drug-likeness (QED) is 0.453. The maximum atomic E-state index is 12.3. The summed E-state index contributed by atoms with van der Waals surface area (Å²) in [6.07, 6.45) is 1.10. The molecule has 0 aliphatic rings. The van der Waals surface area contributed by atoms with E-state index in [2.05, 4.69) is 31.3 Å². The fourth-order valence-electron chi connectivity index (χ4n) is 2.63. The minimum Gasteiger partial charge on any atom is -0.486 e. The second-order valence-corrected chi connectivity index (χ2v) is 7.33. The van der Waals surface area contributed by atoms with Crippen LogP contribution in [0.4, 0.5) is 5.69 Å². The lowest BCUT2D eigenvalue weighted by Crippen LogP contribution is -2.10. The zero-order valence-electron chi connectivity index (χ0n) is 15.7. The van der Waals surface area contributed by atoms with E-state index < -0.39 is 0 Å². The first-order chi connectivity index (χ1) is 13.5. The van der Waals surface area contributed by atoms with Crippen molar-refractivity contribution in [2.45, 2.75) is 32.8 Å². The molecule has 3 rings (SSSR count). The van der Waals surface area contributed by atoms with E-state index in [0.717, 1.165) is 12.2 Å². The summed E-state index contributed by atoms with van der Waals surface area (Å²) in [6, 6.07) is 16.2. The number of rotatable bonds is 7. The summed E-state index contributed by atoms with van der Waals surface area (Å²) in [5.41, 5.74) is 1.82. The van der Waals surface area contributed by atoms with Gasteiger partial charge >= 0.3 is 0 Å². The van der Waals surface area contributed by atoms with Crippen LogP contribution in [-0.4, -0.2) is 5.91 Å². The molecule has 4 nitrogen and oxygen atoms in total. The molecule has 0 radical (unpaired) electrons. The Morgan fingerprint density at radius 2 is 1.82 bits per heavy atom. The Kier molecular flexibility index (Phi) is 6.65. The molecule has 1 unspecified atom stereocenters. The van der Waals surface area contributed by atoms with Gasteiger partial charge in [-0.1, -0.05) is 49.2 Å². The van der Waals surface area contributed by atoms with Crippen molar-refractivity contribution in [2.24, 2.45) is 0 Å². The van der Waals surface area contributed by atoms with Gasteiger partial charge in [-0.3, -0.25) is 4.79 Å². The molecule has 0 spiro atoms. The Morgan fingerprint density at radius 1 is 1.07 bits per heavy atom. The third-order valence-corrected chi connectivity index (χ3v) is 5.24. The number of ether oxygens (including phenoxy) is 1. The van der Waals surface area contributed by atoms with Gasteiger partial charge in [-0.2, -0.15) is 0 Å². The van der Waals surface area contributed by atoms with Gasteiger partial charge in [0, 0.05) is 5.69 Å². The number of carbonyl (C=O) groups excluding carboxylic acids is 1. The molecule has 1 N–H and O–H groups in total. The van der Waals surface area contributed by atoms with Crippen LogP contribution in [0.15, 0.2) is 59.0 Å². The van der Waals surface area contributed by atoms with Crippen molar-refractivity contribution in [3.05, 3.63) is 81.7 Å². The summed E-state index contributed by atoms with van der Waals surface area (Å²) < 4.78 is 11.3. The summed E-state index contributed by atoms with van der Waals surface area (Å²) >= 11 is 11.8. The van der Waals surface area contributed by atoms with Crippen LogP contribution in [0.5, 0.6) is 5.75 Å². The van der Waals surface area contributed by atoms with Crippen LogP contribution in [0.3, 0.4) is 0 Å². The summed E-state index contributed by atoms with van der Waals surface area (Å²) in [5, 5.41) is 3.51. The van der Waals surface area contributed by atoms with Gasteiger partial charge in [-0.15, -0.1) is 0 Å². The van der Waals surface area contributed by atoms with Crippen molar-refractivity contribution in [3.63, 3.8) is 0 Å². The van der Waals surface area contributed by atoms with Gasteiger partial charge in [0.1, 0.15) is 18.1 Å². The summed E-state index contributed by atoms with van der Waals surface area (Å²) in [5.74, 6) is 1.66. The first-order valence-corrected chi connectivity index (χ1v) is 9.79. The maximum Gasteiger partial charge on any atom is 0.291 e. The normalized spacial score (nSPS) is 11.9. The topological polar surface area (TPSA) is 51.5 Å². The number of nitrogens with one attached hydrogen (secondary N) is 1. The highest BCUT2D eigenvalue weighted by Gasteiger charge is 2.13. The van der Waals surface area contributed by atoms with E-state index in [1.165, 1.54) is 5.56 Å². The monoisotopic (exact) mass is 417 g/mol. The van der Waals surface area contributed by atoms with Gasteiger partial charge in [-0.25, -0.2) is 0 Å². The fraction of sp³-hybridized carbons (Fsp3) is 0.227. The zero-order valence-corrected chi connectivity index (χ0v) is 17.2. The molecular formula is C22H21Cl2NO3. The molecule has 0 bridgehead atoms. The van der Waals surface area contributed by atoms with Crippen LogP contribution in [0.1, 0.15) is 48.1 Å². The molecule has 0 aliphatic carbocycles. The van der Waals surface area contributed by atoms with Gasteiger partial charge in [0.2, 0.25) is 0 Å². The van der Waals surface area contributed by atoms with E-state index in [9.17, 15) is 4.79 Å². The van der Waals surface area contributed by atoms with E-state index in [4.69, 9.17) is 32.4 Å². The first-order valence-electron chi connectivity index (χ1n) is 9.04. The Hall–Kier alpha value is -2.43. The molecule has 0 saturated heterocycles. The van der Waals surface area contributed by atoms with Crippen molar-refractivity contribution < 1.29 is 13.9 Å². The Morgan fingerprint density at radius 3 is 2.50 bits per heavy atom. The Bertz CT molecular complexity index is 951. The fourth-order valence-corrected chi connectivity index (χ4v) is 2.92. The van der Waals surface area contributed by atoms with Gasteiger partial charge in [-0.05, 0) is 60.4 Å². The van der Waals surface area contributed by atoms with E-state index in [1.54, 1.807) is 30.3 Å². The van der Waals surface area contributed by atoms with Crippen molar-refractivity contribution in [1.82, 2.24) is 0 Å². The SMILES string of the molecule is CCC(C)c1ccc(OCc2ccc(C(=O)Nc3ccc(Cl)c(Cl)c3)o2)cc1. The van der Waals surface area contributed by atoms with Crippen LogP contribution in [0.2, 0.25) is 10.0 Å². The average Bonchev–Trinajstić information content (AvgIpc) is 3.18. The lowest BCUT2D eigenvalue weighted by atomic mass is 9.99. The second kappa shape index (κ2) is 9.18. The molecule has 3 aromatic rings. The van der Waals surface area contributed by atoms with E-state index in [1.807, 2.05) is 12.1 Å². The lowest BCUT2D eigenvalue weighted by Gasteiger charge is -2.10. The van der Waals surface area contributed by atoms with Gasteiger partial charge < -0.3 is 14.5 Å². The number of hydrogen-bond acceptors (Lipinski definition) is 3. The highest BCUT2D eigenvalue weighted by atomic mass is 35.5.